The van der Waals surface area contributed by atoms with Gasteiger partial charge in [-0.3, -0.25) is 0 Å². The average Bonchev–Trinajstić information content (AvgIpc) is 2.34. The Labute approximate surface area is 122 Å². The molecule has 0 saturated heterocycles. The lowest BCUT2D eigenvalue weighted by Gasteiger charge is -2.27. The molecule has 0 unspecified atom stereocenters. The van der Waals surface area contributed by atoms with E-state index in [1.807, 2.05) is 0 Å². The van der Waals surface area contributed by atoms with Crippen LogP contribution in [0.5, 0.6) is 0 Å². The third-order valence-corrected chi connectivity index (χ3v) is 3.16. The summed E-state index contributed by atoms with van der Waals surface area (Å²) in [5.41, 5.74) is -0.589. The summed E-state index contributed by atoms with van der Waals surface area (Å²) in [4.78, 5) is 22.3. The van der Waals surface area contributed by atoms with Gasteiger partial charge in [-0.2, -0.15) is 0 Å². The molecule has 1 N–H and O–H groups in total. The van der Waals surface area contributed by atoms with Gasteiger partial charge in [0, 0.05) is 5.92 Å². The second-order valence-corrected chi connectivity index (χ2v) is 6.39. The molecule has 0 bridgehead atoms. The SMILES string of the molecule is [2H][C@@](C)(COC1CCC(C=O)CC1)NC(=O)OC(C)(C)C. The topological polar surface area (TPSA) is 64.6 Å². The third kappa shape index (κ3) is 6.89. The molecule has 0 aliphatic heterocycles. The Balaban J connectivity index is 2.32. The zero-order chi connectivity index (χ0) is 16.1. The fourth-order valence-corrected chi connectivity index (χ4v) is 2.15. The number of nitrogens with one attached hydrogen (secondary N) is 1. The van der Waals surface area contributed by atoms with Gasteiger partial charge in [-0.05, 0) is 53.4 Å². The second-order valence-electron chi connectivity index (χ2n) is 6.39. The van der Waals surface area contributed by atoms with Crippen LogP contribution in [0.25, 0.3) is 0 Å². The van der Waals surface area contributed by atoms with Gasteiger partial charge in [0.05, 0.1) is 20.1 Å². The van der Waals surface area contributed by atoms with E-state index in [1.165, 1.54) is 0 Å². The zero-order valence-electron chi connectivity index (χ0n) is 13.9. The van der Waals surface area contributed by atoms with Crippen LogP contribution in [-0.4, -0.2) is 36.7 Å². The molecule has 1 atom stereocenters. The smallest absolute Gasteiger partial charge is 0.407 e. The first-order chi connectivity index (χ1) is 9.61. The average molecular weight is 286 g/mol. The minimum atomic E-state index is -1.23. The summed E-state index contributed by atoms with van der Waals surface area (Å²) in [6.07, 6.45) is 3.77. The van der Waals surface area contributed by atoms with Gasteiger partial charge in [-0.25, -0.2) is 4.79 Å². The lowest BCUT2D eigenvalue weighted by Crippen LogP contribution is -2.40. The van der Waals surface area contributed by atoms with Crippen LogP contribution >= 0.6 is 0 Å². The molecule has 5 heteroatoms. The highest BCUT2D eigenvalue weighted by molar-refractivity contribution is 5.68. The van der Waals surface area contributed by atoms with E-state index in [1.54, 1.807) is 27.7 Å². The van der Waals surface area contributed by atoms with Crippen molar-refractivity contribution in [1.82, 2.24) is 5.32 Å². The molecule has 0 radical (unpaired) electrons. The fraction of sp³-hybridized carbons (Fsp3) is 0.867. The highest BCUT2D eigenvalue weighted by Gasteiger charge is 2.22. The van der Waals surface area contributed by atoms with Gasteiger partial charge in [0.15, 0.2) is 0 Å². The van der Waals surface area contributed by atoms with E-state index >= 15 is 0 Å². The lowest BCUT2D eigenvalue weighted by atomic mass is 9.88. The van der Waals surface area contributed by atoms with Crippen molar-refractivity contribution in [2.75, 3.05) is 6.61 Å². The molecule has 1 fully saturated rings. The summed E-state index contributed by atoms with van der Waals surface area (Å²) in [7, 11) is 0. The van der Waals surface area contributed by atoms with E-state index in [0.29, 0.717) is 0 Å². The maximum absolute atomic E-state index is 11.7. The van der Waals surface area contributed by atoms with Crippen LogP contribution in [0.15, 0.2) is 0 Å². The van der Waals surface area contributed by atoms with Crippen molar-refractivity contribution >= 4 is 12.4 Å². The fourth-order valence-electron chi connectivity index (χ4n) is 2.15. The molecule has 0 heterocycles. The molecule has 20 heavy (non-hydrogen) atoms. The summed E-state index contributed by atoms with van der Waals surface area (Å²) in [6.45, 7) is 7.00. The number of amides is 1. The van der Waals surface area contributed by atoms with E-state index in [4.69, 9.17) is 10.8 Å². The largest absolute Gasteiger partial charge is 0.444 e. The predicted molar refractivity (Wildman–Crippen MR) is 76.6 cm³/mol. The van der Waals surface area contributed by atoms with Crippen molar-refractivity contribution in [2.45, 2.75) is 71.1 Å². The number of hydrogen-bond donors (Lipinski definition) is 1. The van der Waals surface area contributed by atoms with Crippen molar-refractivity contribution < 1.29 is 20.4 Å². The van der Waals surface area contributed by atoms with E-state index in [2.05, 4.69) is 5.32 Å². The third-order valence-electron chi connectivity index (χ3n) is 3.16. The Bertz CT molecular complexity index is 357. The van der Waals surface area contributed by atoms with Gasteiger partial charge in [0.2, 0.25) is 0 Å². The molecule has 0 aromatic rings. The Morgan fingerprint density at radius 3 is 2.50 bits per heavy atom. The molecule has 0 aromatic heterocycles. The van der Waals surface area contributed by atoms with Crippen LogP contribution in [0.1, 0.15) is 54.7 Å². The van der Waals surface area contributed by atoms with Crippen molar-refractivity contribution in [2.24, 2.45) is 5.92 Å². The number of alkyl carbamates (subject to hydrolysis) is 1. The number of ether oxygens (including phenoxy) is 2. The van der Waals surface area contributed by atoms with Crippen LogP contribution in [0.3, 0.4) is 0 Å². The van der Waals surface area contributed by atoms with Gasteiger partial charge < -0.3 is 19.6 Å². The normalized spacial score (nSPS) is 27.1. The molecule has 0 aromatic carbocycles. The Kier molecular flexibility index (Phi) is 5.83. The van der Waals surface area contributed by atoms with Gasteiger partial charge >= 0.3 is 6.09 Å². The molecule has 0 spiro atoms. The predicted octanol–water partition coefficient (Wildman–Crippen LogP) is 2.67. The number of aldehydes is 1. The van der Waals surface area contributed by atoms with E-state index in [9.17, 15) is 9.59 Å². The van der Waals surface area contributed by atoms with E-state index in [-0.39, 0.29) is 18.6 Å². The van der Waals surface area contributed by atoms with Crippen molar-refractivity contribution in [3.63, 3.8) is 0 Å². The van der Waals surface area contributed by atoms with E-state index < -0.39 is 17.7 Å². The van der Waals surface area contributed by atoms with Crippen LogP contribution in [0, 0.1) is 5.92 Å². The summed E-state index contributed by atoms with van der Waals surface area (Å²) in [6, 6.07) is -1.23. The number of hydrogen-bond acceptors (Lipinski definition) is 4. The summed E-state index contributed by atoms with van der Waals surface area (Å²) in [5.74, 6) is 0.145. The first-order valence-corrected chi connectivity index (χ1v) is 7.19. The Hall–Kier alpha value is -1.10. The molecule has 1 aliphatic carbocycles. The maximum atomic E-state index is 11.7. The van der Waals surface area contributed by atoms with Crippen LogP contribution < -0.4 is 5.32 Å². The quantitative estimate of drug-likeness (QED) is 0.789. The second kappa shape index (κ2) is 7.62. The maximum Gasteiger partial charge on any atom is 0.407 e. The molecule has 1 saturated carbocycles. The van der Waals surface area contributed by atoms with Crippen LogP contribution in [-0.2, 0) is 14.3 Å². The first-order valence-electron chi connectivity index (χ1n) is 7.69. The van der Waals surface area contributed by atoms with Crippen LogP contribution in [0.2, 0.25) is 0 Å². The number of rotatable bonds is 5. The highest BCUT2D eigenvalue weighted by atomic mass is 16.6. The molecule has 1 aliphatic rings. The van der Waals surface area contributed by atoms with Gasteiger partial charge in [-0.15, -0.1) is 0 Å². The van der Waals surface area contributed by atoms with Crippen molar-refractivity contribution in [1.29, 1.82) is 0 Å². The number of carbonyl (C=O) groups excluding carboxylic acids is 2. The number of carbonyl (C=O) groups is 2. The van der Waals surface area contributed by atoms with E-state index in [0.717, 1.165) is 32.0 Å². The van der Waals surface area contributed by atoms with Gasteiger partial charge in [-0.1, -0.05) is 0 Å². The van der Waals surface area contributed by atoms with Gasteiger partial charge in [0.25, 0.3) is 0 Å². The monoisotopic (exact) mass is 286 g/mol. The van der Waals surface area contributed by atoms with Crippen LogP contribution in [0.4, 0.5) is 4.79 Å². The molecule has 1 amide bonds. The molecular weight excluding hydrogens is 258 g/mol. The molecule has 116 valence electrons. The minimum absolute atomic E-state index is 0.0614. The summed E-state index contributed by atoms with van der Waals surface area (Å²) < 4.78 is 18.9. The highest BCUT2D eigenvalue weighted by Crippen LogP contribution is 2.24. The molecule has 5 nitrogen and oxygen atoms in total. The molecule has 1 rings (SSSR count). The Morgan fingerprint density at radius 1 is 1.40 bits per heavy atom. The van der Waals surface area contributed by atoms with Crippen molar-refractivity contribution in [3.05, 3.63) is 0 Å². The Morgan fingerprint density at radius 2 is 2.00 bits per heavy atom. The standard InChI is InChI=1S/C15H27NO4/c1-11(16-14(18)20-15(2,3)4)10-19-13-7-5-12(9-17)6-8-13/h9,11-13H,5-8,10H2,1-4H3,(H,16,18)/t11-,12?,13?/m1/s1/i11D. The summed E-state index contributed by atoms with van der Waals surface area (Å²) >= 11 is 0. The summed E-state index contributed by atoms with van der Waals surface area (Å²) in [5, 5.41) is 2.50. The zero-order valence-corrected chi connectivity index (χ0v) is 12.9. The van der Waals surface area contributed by atoms with Crippen molar-refractivity contribution in [3.8, 4) is 0 Å². The minimum Gasteiger partial charge on any atom is -0.444 e. The molecular formula is C15H27NO4. The first kappa shape index (κ1) is 15.3. The lowest BCUT2D eigenvalue weighted by molar-refractivity contribution is -0.112. The van der Waals surface area contributed by atoms with Gasteiger partial charge in [0.1, 0.15) is 11.9 Å².